The first-order chi connectivity index (χ1) is 40.3. The molecule has 0 aliphatic carbocycles. The number of nitrogens with zero attached hydrogens (tertiary/aromatic N) is 5. The number of amides is 2. The largest absolute Gasteiger partial charge is 0.614 e. The van der Waals surface area contributed by atoms with Crippen molar-refractivity contribution in [2.75, 3.05) is 25.3 Å². The van der Waals surface area contributed by atoms with E-state index in [0.29, 0.717) is 16.3 Å². The summed E-state index contributed by atoms with van der Waals surface area (Å²) in [7, 11) is 2.73. The average molecular weight is 1190 g/mol. The van der Waals surface area contributed by atoms with E-state index < -0.39 is 92.3 Å². The summed E-state index contributed by atoms with van der Waals surface area (Å²) in [6.45, 7) is 7.71. The molecule has 1 saturated heterocycles. The van der Waals surface area contributed by atoms with Gasteiger partial charge < -0.3 is 39.0 Å². The summed E-state index contributed by atoms with van der Waals surface area (Å²) < 4.78 is 38.2. The van der Waals surface area contributed by atoms with Crippen LogP contribution in [0.15, 0.2) is 200 Å². The molecule has 5 aromatic carbocycles. The van der Waals surface area contributed by atoms with Gasteiger partial charge in [0.1, 0.15) is 28.3 Å². The van der Waals surface area contributed by atoms with Crippen molar-refractivity contribution >= 4 is 68.9 Å². The van der Waals surface area contributed by atoms with Gasteiger partial charge in [-0.15, -0.1) is 16.4 Å². The van der Waals surface area contributed by atoms with Gasteiger partial charge in [-0.2, -0.15) is 0 Å². The SMILES string of the molecule is COC(Cn1c(S/C=C/C2=C(C(=O)OC(c3ccccc3)c3ccccc3)N3C(=O)C(NC(=O)/C(=N/OC(C)(C)C(=O)OC(C)(C)C)c4csc(NC(c5ccccc5)(c5ccccc5)c5ccccc5)n4)C3[S+]([O-])C2)n[nH]c(=O)c1=O)OC. The van der Waals surface area contributed by atoms with E-state index in [4.69, 9.17) is 28.8 Å². The maximum Gasteiger partial charge on any atom is 0.356 e. The summed E-state index contributed by atoms with van der Waals surface area (Å²) >= 11 is 0.0193. The molecule has 2 aliphatic heterocycles. The number of anilines is 1. The summed E-state index contributed by atoms with van der Waals surface area (Å²) in [4.78, 5) is 95.6. The Hall–Kier alpha value is -8.45. The molecule has 2 aliphatic rings. The Bertz CT molecular complexity index is 3570. The highest BCUT2D eigenvalue weighted by molar-refractivity contribution is 8.02. The van der Waals surface area contributed by atoms with Crippen LogP contribution >= 0.6 is 23.1 Å². The number of esters is 2. The molecule has 0 bridgehead atoms. The molecular formula is C61H60N8O12S3. The smallest absolute Gasteiger partial charge is 0.356 e. The maximum atomic E-state index is 15.0. The van der Waals surface area contributed by atoms with Gasteiger partial charge in [0, 0.05) is 25.2 Å². The van der Waals surface area contributed by atoms with Crippen molar-refractivity contribution in [3.05, 3.63) is 234 Å². The van der Waals surface area contributed by atoms with Crippen LogP contribution in [0.2, 0.25) is 0 Å². The molecule has 3 N–H and O–H groups in total. The van der Waals surface area contributed by atoms with E-state index in [1.54, 1.807) is 74.7 Å². The summed E-state index contributed by atoms with van der Waals surface area (Å²) in [6.07, 6.45) is -0.465. The number of H-pyrrole nitrogens is 1. The Kier molecular flexibility index (Phi) is 18.6. The third-order valence-corrected chi connectivity index (χ3v) is 16.6. The quantitative estimate of drug-likeness (QED) is 0.00681. The minimum atomic E-state index is -2.01. The topological polar surface area (TPSA) is 258 Å². The van der Waals surface area contributed by atoms with E-state index in [1.807, 2.05) is 103 Å². The molecule has 3 unspecified atom stereocenters. The first kappa shape index (κ1) is 60.2. The summed E-state index contributed by atoms with van der Waals surface area (Å²) in [5, 5.41) is 19.0. The van der Waals surface area contributed by atoms with Crippen LogP contribution in [0.1, 0.15) is 74.2 Å². The van der Waals surface area contributed by atoms with Crippen molar-refractivity contribution in [3.63, 3.8) is 0 Å². The molecule has 1 fully saturated rings. The minimum absolute atomic E-state index is 0.00681. The van der Waals surface area contributed by atoms with Crippen LogP contribution in [0, 0.1) is 0 Å². The van der Waals surface area contributed by atoms with E-state index in [0.717, 1.165) is 49.3 Å². The van der Waals surface area contributed by atoms with E-state index >= 15 is 0 Å². The fraction of sp³-hybridized carbons (Fsp3) is 0.262. The summed E-state index contributed by atoms with van der Waals surface area (Å²) in [5.41, 5.74) is -2.38. The number of fused-ring (bicyclic) bond motifs is 1. The summed E-state index contributed by atoms with van der Waals surface area (Å²) in [5.74, 6) is -3.89. The first-order valence-electron chi connectivity index (χ1n) is 26.4. The van der Waals surface area contributed by atoms with Gasteiger partial charge in [0.2, 0.25) is 11.0 Å². The molecule has 7 aromatic rings. The molecular weight excluding hydrogens is 1130 g/mol. The Morgan fingerprint density at radius 3 is 1.88 bits per heavy atom. The number of hydrogen-bond acceptors (Lipinski definition) is 18. The number of thioether (sulfide) groups is 1. The number of benzene rings is 5. The molecule has 0 radical (unpaired) electrons. The van der Waals surface area contributed by atoms with Gasteiger partial charge in [0.05, 0.1) is 6.54 Å². The maximum absolute atomic E-state index is 15.0. The number of allylic oxidation sites excluding steroid dienone is 1. The van der Waals surface area contributed by atoms with Crippen molar-refractivity contribution in [1.29, 1.82) is 0 Å². The highest BCUT2D eigenvalue weighted by Gasteiger charge is 2.61. The zero-order valence-corrected chi connectivity index (χ0v) is 49.2. The first-order valence-corrected chi connectivity index (χ1v) is 29.5. The van der Waals surface area contributed by atoms with Crippen LogP contribution in [0.5, 0.6) is 0 Å². The van der Waals surface area contributed by atoms with Crippen molar-refractivity contribution in [3.8, 4) is 0 Å². The number of hydrogen-bond donors (Lipinski definition) is 3. The normalized spacial score (nSPS) is 16.5. The van der Waals surface area contributed by atoms with E-state index in [1.165, 1.54) is 39.6 Å². The number of thiazole rings is 1. The Balaban J connectivity index is 1.08. The second-order valence-electron chi connectivity index (χ2n) is 20.7. The van der Waals surface area contributed by atoms with E-state index in [2.05, 4.69) is 26.0 Å². The molecule has 0 saturated carbocycles. The van der Waals surface area contributed by atoms with Gasteiger partial charge in [-0.05, 0) is 85.1 Å². The van der Waals surface area contributed by atoms with Gasteiger partial charge in [-0.1, -0.05) is 169 Å². The fourth-order valence-corrected chi connectivity index (χ4v) is 12.4. The number of aromatic amines is 1. The lowest BCUT2D eigenvalue weighted by atomic mass is 9.77. The van der Waals surface area contributed by atoms with Crippen molar-refractivity contribution in [1.82, 2.24) is 30.0 Å². The molecule has 84 heavy (non-hydrogen) atoms. The van der Waals surface area contributed by atoms with Crippen LogP contribution in [-0.2, 0) is 66.2 Å². The number of ether oxygens (including phenoxy) is 4. The van der Waals surface area contributed by atoms with E-state index in [-0.39, 0.29) is 34.4 Å². The van der Waals surface area contributed by atoms with Gasteiger partial charge in [-0.25, -0.2) is 19.7 Å². The Labute approximate surface area is 495 Å². The zero-order chi connectivity index (χ0) is 59.8. The highest BCUT2D eigenvalue weighted by atomic mass is 32.2. The van der Waals surface area contributed by atoms with Crippen LogP contribution < -0.4 is 21.8 Å². The fourth-order valence-electron chi connectivity index (χ4n) is 9.30. The predicted octanol–water partition coefficient (Wildman–Crippen LogP) is 7.56. The monoisotopic (exact) mass is 1190 g/mol. The van der Waals surface area contributed by atoms with E-state index in [9.17, 15) is 33.3 Å². The molecule has 2 amide bonds. The van der Waals surface area contributed by atoms with Crippen molar-refractivity contribution in [2.45, 2.75) is 86.9 Å². The van der Waals surface area contributed by atoms with Crippen LogP contribution in [-0.4, -0.2) is 108 Å². The second kappa shape index (κ2) is 26.0. The molecule has 2 aromatic heterocycles. The zero-order valence-electron chi connectivity index (χ0n) is 46.7. The molecule has 0 spiro atoms. The number of nitrogens with one attached hydrogen (secondary N) is 3. The molecule has 20 nitrogen and oxygen atoms in total. The predicted molar refractivity (Wildman–Crippen MR) is 318 cm³/mol. The number of rotatable bonds is 22. The second-order valence-corrected chi connectivity index (χ2v) is 23.9. The Morgan fingerprint density at radius 1 is 0.821 bits per heavy atom. The number of β-lactam (4-membered cyclic amide) rings is 1. The van der Waals surface area contributed by atoms with Gasteiger partial charge in [0.15, 0.2) is 34.4 Å². The molecule has 23 heteroatoms. The number of carbonyl (C=O) groups is 4. The molecule has 3 atom stereocenters. The third kappa shape index (κ3) is 13.2. The average Bonchev–Trinajstić information content (AvgIpc) is 1.02. The lowest BCUT2D eigenvalue weighted by molar-refractivity contribution is -0.179. The molecule has 434 valence electrons. The molecule has 9 rings (SSSR count). The molecule has 4 heterocycles. The number of aromatic nitrogens is 4. The lowest BCUT2D eigenvalue weighted by Crippen LogP contribution is -2.75. The van der Waals surface area contributed by atoms with Gasteiger partial charge in [0.25, 0.3) is 11.8 Å². The van der Waals surface area contributed by atoms with Gasteiger partial charge in [-0.3, -0.25) is 28.6 Å². The van der Waals surface area contributed by atoms with Crippen LogP contribution in [0.3, 0.4) is 0 Å². The van der Waals surface area contributed by atoms with Crippen molar-refractivity contribution < 1.29 is 47.5 Å². The highest BCUT2D eigenvalue weighted by Crippen LogP contribution is 2.42. The number of oxime groups is 1. The number of methoxy groups -OCH3 is 2. The standard InChI is InChI=1S/C61H60N8O12S3/c1-59(2,3)80-56(75)60(4,5)81-67-46(44-36-83-57(62-44)64-61(41-27-17-10-18-28-41,42-29-19-11-20-30-42)43-31-21-12-22-32-43)50(70)63-47-52(72)69-48(55(74)79-49(38-23-13-8-14-24-38)39-25-15-9-16-26-39)40(37-84(76)54(47)69)33-34-82-58-66-65-51(71)53(73)68(58)35-45(77-6)78-7/h8-34,36,45,47,49,54H,35,37H2,1-7H3,(H,62,64)(H,63,70)(H,65,71)/b34-33+,67-46+. The number of carbonyl (C=O) groups excluding carboxylic acids is 4. The van der Waals surface area contributed by atoms with Crippen LogP contribution in [0.25, 0.3) is 0 Å². The minimum Gasteiger partial charge on any atom is -0.614 e. The third-order valence-electron chi connectivity index (χ3n) is 13.4. The summed E-state index contributed by atoms with van der Waals surface area (Å²) in [6, 6.07) is 45.8. The Morgan fingerprint density at radius 2 is 1.36 bits per heavy atom. The van der Waals surface area contributed by atoms with Crippen molar-refractivity contribution in [2.24, 2.45) is 5.16 Å². The van der Waals surface area contributed by atoms with Crippen LogP contribution in [0.4, 0.5) is 5.13 Å². The van der Waals surface area contributed by atoms with Gasteiger partial charge >= 0.3 is 23.1 Å². The lowest BCUT2D eigenvalue weighted by Gasteiger charge is -2.49.